The Morgan fingerprint density at radius 3 is 2.80 bits per heavy atom. The van der Waals surface area contributed by atoms with Crippen LogP contribution in [0.4, 0.5) is 0 Å². The van der Waals surface area contributed by atoms with E-state index in [-0.39, 0.29) is 11.9 Å². The van der Waals surface area contributed by atoms with Gasteiger partial charge >= 0.3 is 0 Å². The molecule has 1 heterocycles. The Balaban J connectivity index is 2.58. The maximum atomic E-state index is 11.8. The molecule has 0 aliphatic rings. The molecule has 3 nitrogen and oxygen atoms in total. The van der Waals surface area contributed by atoms with Gasteiger partial charge in [-0.1, -0.05) is 13.3 Å². The summed E-state index contributed by atoms with van der Waals surface area (Å²) in [5, 5.41) is 6.81. The molecule has 3 N–H and O–H groups in total. The molecule has 4 heteroatoms. The molecule has 15 heavy (non-hydrogen) atoms. The van der Waals surface area contributed by atoms with E-state index in [9.17, 15) is 4.79 Å². The van der Waals surface area contributed by atoms with Crippen LogP contribution >= 0.6 is 11.3 Å². The van der Waals surface area contributed by atoms with E-state index in [1.54, 1.807) is 11.3 Å². The number of hydrogen-bond acceptors (Lipinski definition) is 3. The maximum absolute atomic E-state index is 11.8. The van der Waals surface area contributed by atoms with Gasteiger partial charge in [-0.2, -0.15) is 11.3 Å². The van der Waals surface area contributed by atoms with E-state index in [0.717, 1.165) is 24.0 Å². The smallest absolute Gasteiger partial charge is 0.252 e. The lowest BCUT2D eigenvalue weighted by Crippen LogP contribution is -2.40. The Bertz CT molecular complexity index is 322. The number of nitrogens with one attached hydrogen (secondary N) is 1. The highest BCUT2D eigenvalue weighted by atomic mass is 32.1. The van der Waals surface area contributed by atoms with Crippen molar-refractivity contribution in [2.45, 2.75) is 32.7 Å². The van der Waals surface area contributed by atoms with Gasteiger partial charge in [0.15, 0.2) is 0 Å². The first-order valence-electron chi connectivity index (χ1n) is 5.22. The van der Waals surface area contributed by atoms with Crippen molar-refractivity contribution in [3.8, 4) is 0 Å². The van der Waals surface area contributed by atoms with Gasteiger partial charge in [-0.15, -0.1) is 0 Å². The third kappa shape index (κ3) is 3.32. The Morgan fingerprint density at radius 1 is 1.60 bits per heavy atom. The summed E-state index contributed by atoms with van der Waals surface area (Å²) < 4.78 is 0. The van der Waals surface area contributed by atoms with Crippen molar-refractivity contribution in [1.29, 1.82) is 0 Å². The topological polar surface area (TPSA) is 55.1 Å². The fourth-order valence-electron chi connectivity index (χ4n) is 1.45. The number of amides is 1. The predicted octanol–water partition coefficient (Wildman–Crippen LogP) is 1.91. The van der Waals surface area contributed by atoms with Gasteiger partial charge in [-0.3, -0.25) is 4.79 Å². The number of carbonyl (C=O) groups excluding carboxylic acids is 1. The average molecular weight is 226 g/mol. The van der Waals surface area contributed by atoms with Crippen molar-refractivity contribution in [3.05, 3.63) is 21.9 Å². The molecular formula is C11H18N2OS. The largest absolute Gasteiger partial charge is 0.348 e. The van der Waals surface area contributed by atoms with Gasteiger partial charge in [0.25, 0.3) is 5.91 Å². The number of thiophene rings is 1. The van der Waals surface area contributed by atoms with Gasteiger partial charge in [0, 0.05) is 18.0 Å². The van der Waals surface area contributed by atoms with Crippen LogP contribution < -0.4 is 11.1 Å². The van der Waals surface area contributed by atoms with Crippen LogP contribution in [0.25, 0.3) is 0 Å². The summed E-state index contributed by atoms with van der Waals surface area (Å²) in [5.41, 5.74) is 7.39. The molecule has 0 spiro atoms. The summed E-state index contributed by atoms with van der Waals surface area (Å²) in [7, 11) is 0. The maximum Gasteiger partial charge on any atom is 0.252 e. The average Bonchev–Trinajstić information content (AvgIpc) is 2.63. The van der Waals surface area contributed by atoms with E-state index in [1.165, 1.54) is 0 Å². The van der Waals surface area contributed by atoms with E-state index in [0.29, 0.717) is 6.54 Å². The molecule has 1 aromatic heterocycles. The standard InChI is InChI=1S/C11H18N2OS/c1-3-4-9(5-12)13-11(14)10-7-15-6-8(10)2/h6-7,9H,3-5,12H2,1-2H3,(H,13,14). The predicted molar refractivity (Wildman–Crippen MR) is 64.3 cm³/mol. The molecule has 1 rings (SSSR count). The van der Waals surface area contributed by atoms with Crippen LogP contribution in [0.1, 0.15) is 35.7 Å². The third-order valence-electron chi connectivity index (χ3n) is 2.36. The number of rotatable bonds is 5. The monoisotopic (exact) mass is 226 g/mol. The van der Waals surface area contributed by atoms with Gasteiger partial charge in [0.1, 0.15) is 0 Å². The highest BCUT2D eigenvalue weighted by Crippen LogP contribution is 2.13. The molecule has 1 atom stereocenters. The lowest BCUT2D eigenvalue weighted by Gasteiger charge is -2.15. The van der Waals surface area contributed by atoms with Gasteiger partial charge in [0.2, 0.25) is 0 Å². The molecule has 0 aromatic carbocycles. The van der Waals surface area contributed by atoms with E-state index in [2.05, 4.69) is 12.2 Å². The highest BCUT2D eigenvalue weighted by molar-refractivity contribution is 7.08. The molecule has 0 aliphatic heterocycles. The van der Waals surface area contributed by atoms with Crippen LogP contribution in [0, 0.1) is 6.92 Å². The van der Waals surface area contributed by atoms with Crippen LogP contribution in [-0.4, -0.2) is 18.5 Å². The number of nitrogens with two attached hydrogens (primary N) is 1. The first kappa shape index (κ1) is 12.2. The van der Waals surface area contributed by atoms with Gasteiger partial charge < -0.3 is 11.1 Å². The first-order valence-corrected chi connectivity index (χ1v) is 6.17. The van der Waals surface area contributed by atoms with Crippen molar-refractivity contribution < 1.29 is 4.79 Å². The minimum absolute atomic E-state index is 0.00218. The second kappa shape index (κ2) is 5.88. The summed E-state index contributed by atoms with van der Waals surface area (Å²) in [6.45, 7) is 4.54. The minimum atomic E-state index is -0.00218. The Hall–Kier alpha value is -0.870. The summed E-state index contributed by atoms with van der Waals surface area (Å²) in [4.78, 5) is 11.8. The van der Waals surface area contributed by atoms with Crippen molar-refractivity contribution >= 4 is 17.2 Å². The molecule has 1 amide bonds. The normalized spacial score (nSPS) is 12.5. The molecule has 0 aliphatic carbocycles. The van der Waals surface area contributed by atoms with Gasteiger partial charge in [-0.25, -0.2) is 0 Å². The molecule has 0 radical (unpaired) electrons. The Labute approximate surface area is 94.7 Å². The van der Waals surface area contributed by atoms with Crippen molar-refractivity contribution in [3.63, 3.8) is 0 Å². The third-order valence-corrected chi connectivity index (χ3v) is 3.22. The Morgan fingerprint density at radius 2 is 2.33 bits per heavy atom. The molecule has 1 unspecified atom stereocenters. The van der Waals surface area contributed by atoms with Crippen LogP contribution in [0.2, 0.25) is 0 Å². The summed E-state index contributed by atoms with van der Waals surface area (Å²) in [5.74, 6) is -0.00218. The van der Waals surface area contributed by atoms with Crippen LogP contribution in [-0.2, 0) is 0 Å². The van der Waals surface area contributed by atoms with Crippen molar-refractivity contribution in [2.24, 2.45) is 5.73 Å². The highest BCUT2D eigenvalue weighted by Gasteiger charge is 2.13. The van der Waals surface area contributed by atoms with E-state index < -0.39 is 0 Å². The number of hydrogen-bond donors (Lipinski definition) is 2. The molecular weight excluding hydrogens is 208 g/mol. The van der Waals surface area contributed by atoms with E-state index >= 15 is 0 Å². The summed E-state index contributed by atoms with van der Waals surface area (Å²) >= 11 is 1.55. The van der Waals surface area contributed by atoms with Crippen molar-refractivity contribution in [2.75, 3.05) is 6.54 Å². The zero-order chi connectivity index (χ0) is 11.3. The molecule has 0 saturated heterocycles. The quantitative estimate of drug-likeness (QED) is 0.806. The fraction of sp³-hybridized carbons (Fsp3) is 0.545. The first-order chi connectivity index (χ1) is 7.19. The second-order valence-corrected chi connectivity index (χ2v) is 4.41. The number of aryl methyl sites for hydroxylation is 1. The zero-order valence-corrected chi connectivity index (χ0v) is 10.1. The van der Waals surface area contributed by atoms with Gasteiger partial charge in [-0.05, 0) is 24.3 Å². The molecule has 0 bridgehead atoms. The Kier molecular flexibility index (Phi) is 4.78. The summed E-state index contributed by atoms with van der Waals surface area (Å²) in [6, 6.07) is 0.0989. The van der Waals surface area contributed by atoms with Gasteiger partial charge in [0.05, 0.1) is 5.56 Å². The molecule has 84 valence electrons. The van der Waals surface area contributed by atoms with Crippen LogP contribution in [0.3, 0.4) is 0 Å². The lowest BCUT2D eigenvalue weighted by atomic mass is 10.1. The summed E-state index contributed by atoms with van der Waals surface area (Å²) in [6.07, 6.45) is 1.97. The van der Waals surface area contributed by atoms with Crippen molar-refractivity contribution in [1.82, 2.24) is 5.32 Å². The van der Waals surface area contributed by atoms with Crippen LogP contribution in [0.15, 0.2) is 10.8 Å². The lowest BCUT2D eigenvalue weighted by molar-refractivity contribution is 0.0936. The second-order valence-electron chi connectivity index (χ2n) is 3.66. The molecule has 0 fully saturated rings. The number of carbonyl (C=O) groups is 1. The van der Waals surface area contributed by atoms with E-state index in [1.807, 2.05) is 17.7 Å². The molecule has 0 saturated carbocycles. The fourth-order valence-corrected chi connectivity index (χ4v) is 2.28. The van der Waals surface area contributed by atoms with Crippen LogP contribution in [0.5, 0.6) is 0 Å². The zero-order valence-electron chi connectivity index (χ0n) is 9.25. The minimum Gasteiger partial charge on any atom is -0.348 e. The molecule has 1 aromatic rings. The van der Waals surface area contributed by atoms with E-state index in [4.69, 9.17) is 5.73 Å². The SMILES string of the molecule is CCCC(CN)NC(=O)c1cscc1C.